The van der Waals surface area contributed by atoms with E-state index in [1.165, 1.54) is 13.2 Å². The number of hydrogen-bond acceptors (Lipinski definition) is 4. The van der Waals surface area contributed by atoms with E-state index < -0.39 is 24.8 Å². The number of benzene rings is 2. The first-order valence-corrected chi connectivity index (χ1v) is 8.77. The van der Waals surface area contributed by atoms with Crippen LogP contribution in [0.15, 0.2) is 42.5 Å². The molecular weight excluding hydrogens is 373 g/mol. The van der Waals surface area contributed by atoms with Gasteiger partial charge in [-0.3, -0.25) is 4.79 Å². The number of anilines is 1. The molecule has 2 aromatic rings. The average molecular weight is 394 g/mol. The summed E-state index contributed by atoms with van der Waals surface area (Å²) in [5, 5.41) is 3.04. The van der Waals surface area contributed by atoms with Gasteiger partial charge in [0.25, 0.3) is 5.91 Å². The first-order valence-electron chi connectivity index (χ1n) is 8.77. The fourth-order valence-electron chi connectivity index (χ4n) is 3.12. The van der Waals surface area contributed by atoms with Gasteiger partial charge in [-0.2, -0.15) is 13.2 Å². The predicted molar refractivity (Wildman–Crippen MR) is 98.7 cm³/mol. The topological polar surface area (TPSA) is 50.8 Å². The summed E-state index contributed by atoms with van der Waals surface area (Å²) in [6.45, 7) is 2.35. The number of carbonyl (C=O) groups excluding carboxylic acids is 1. The molecule has 28 heavy (non-hydrogen) atoms. The van der Waals surface area contributed by atoms with Crippen LogP contribution < -0.4 is 14.8 Å². The average Bonchev–Trinajstić information content (AvgIpc) is 2.63. The van der Waals surface area contributed by atoms with Crippen LogP contribution in [0.5, 0.6) is 11.5 Å². The number of amides is 1. The van der Waals surface area contributed by atoms with Crippen molar-refractivity contribution in [3.63, 3.8) is 0 Å². The lowest BCUT2D eigenvalue weighted by molar-refractivity contribution is -0.144. The van der Waals surface area contributed by atoms with Gasteiger partial charge < -0.3 is 19.7 Å². The van der Waals surface area contributed by atoms with E-state index in [0.29, 0.717) is 22.7 Å². The fourth-order valence-corrected chi connectivity index (χ4v) is 3.12. The van der Waals surface area contributed by atoms with Crippen molar-refractivity contribution in [1.82, 2.24) is 4.90 Å². The van der Waals surface area contributed by atoms with Gasteiger partial charge in [0.15, 0.2) is 11.5 Å². The van der Waals surface area contributed by atoms with Crippen molar-refractivity contribution in [2.24, 2.45) is 0 Å². The Bertz CT molecular complexity index is 868. The number of ether oxygens (including phenoxy) is 2. The molecule has 0 radical (unpaired) electrons. The first-order chi connectivity index (χ1) is 13.2. The van der Waals surface area contributed by atoms with Crippen LogP contribution in [0, 0.1) is 0 Å². The van der Waals surface area contributed by atoms with Crippen LogP contribution in [0.4, 0.5) is 18.9 Å². The normalized spacial score (nSPS) is 16.6. The highest BCUT2D eigenvalue weighted by molar-refractivity contribution is 6.01. The number of halogens is 3. The lowest BCUT2D eigenvalue weighted by atomic mass is 10.0. The molecule has 0 aliphatic carbocycles. The molecule has 1 N–H and O–H groups in total. The first kappa shape index (κ1) is 19.9. The molecule has 1 aliphatic heterocycles. The van der Waals surface area contributed by atoms with E-state index in [1.54, 1.807) is 36.4 Å². The van der Waals surface area contributed by atoms with Crippen LogP contribution >= 0.6 is 0 Å². The van der Waals surface area contributed by atoms with Crippen LogP contribution in [0.25, 0.3) is 0 Å². The summed E-state index contributed by atoms with van der Waals surface area (Å²) in [7, 11) is 1.45. The summed E-state index contributed by atoms with van der Waals surface area (Å²) in [6.07, 6.45) is -5.62. The Labute approximate surface area is 161 Å². The van der Waals surface area contributed by atoms with E-state index in [9.17, 15) is 18.0 Å². The minimum Gasteiger partial charge on any atom is -0.493 e. The van der Waals surface area contributed by atoms with E-state index in [0.717, 1.165) is 4.90 Å². The molecule has 150 valence electrons. The molecule has 0 unspecified atom stereocenters. The fraction of sp³-hybridized carbons (Fsp3) is 0.350. The van der Waals surface area contributed by atoms with Crippen molar-refractivity contribution in [3.8, 4) is 11.5 Å². The molecule has 0 saturated carbocycles. The van der Waals surface area contributed by atoms with Crippen LogP contribution in [0.3, 0.4) is 0 Å². The summed E-state index contributed by atoms with van der Waals surface area (Å²) in [4.78, 5) is 13.6. The lowest BCUT2D eigenvalue weighted by Crippen LogP contribution is -2.47. The van der Waals surface area contributed by atoms with Gasteiger partial charge in [0.1, 0.15) is 12.7 Å². The molecule has 8 heteroatoms. The summed E-state index contributed by atoms with van der Waals surface area (Å²) in [6, 6.07) is 11.3. The standard InChI is InChI=1S/C20H21F3N2O3/c1-12(2)28-16-9-8-13(10-17(16)27-3)18-24-15-7-5-4-6-14(15)19(26)25(18)11-20(21,22)23/h4-10,12,18,24H,11H2,1-3H3/t18-/m0/s1. The van der Waals surface area contributed by atoms with Crippen LogP contribution in [0.1, 0.15) is 35.9 Å². The number of alkyl halides is 3. The molecule has 0 spiro atoms. The number of rotatable bonds is 5. The van der Waals surface area contributed by atoms with Crippen LogP contribution in [-0.4, -0.2) is 36.7 Å². The maximum atomic E-state index is 13.2. The Balaban J connectivity index is 2.03. The van der Waals surface area contributed by atoms with E-state index in [4.69, 9.17) is 9.47 Å². The number of para-hydroxylation sites is 1. The van der Waals surface area contributed by atoms with Gasteiger partial charge >= 0.3 is 6.18 Å². The van der Waals surface area contributed by atoms with Gasteiger partial charge in [-0.05, 0) is 43.7 Å². The van der Waals surface area contributed by atoms with Gasteiger partial charge in [-0.25, -0.2) is 0 Å². The molecule has 5 nitrogen and oxygen atoms in total. The van der Waals surface area contributed by atoms with Crippen molar-refractivity contribution >= 4 is 11.6 Å². The molecule has 1 heterocycles. The van der Waals surface area contributed by atoms with Crippen molar-refractivity contribution in [2.45, 2.75) is 32.3 Å². The second-order valence-corrected chi connectivity index (χ2v) is 6.72. The molecule has 1 aliphatic rings. The second-order valence-electron chi connectivity index (χ2n) is 6.72. The van der Waals surface area contributed by atoms with Gasteiger partial charge in [-0.1, -0.05) is 18.2 Å². The Morgan fingerprint density at radius 1 is 1.14 bits per heavy atom. The smallest absolute Gasteiger partial charge is 0.406 e. The third-order valence-electron chi connectivity index (χ3n) is 4.24. The number of methoxy groups -OCH3 is 1. The van der Waals surface area contributed by atoms with Gasteiger partial charge in [0.2, 0.25) is 0 Å². The van der Waals surface area contributed by atoms with Crippen LogP contribution in [-0.2, 0) is 0 Å². The van der Waals surface area contributed by atoms with E-state index in [2.05, 4.69) is 5.32 Å². The van der Waals surface area contributed by atoms with Crippen molar-refractivity contribution < 1.29 is 27.4 Å². The van der Waals surface area contributed by atoms with Gasteiger partial charge in [0, 0.05) is 5.69 Å². The zero-order valence-corrected chi connectivity index (χ0v) is 15.7. The molecule has 0 saturated heterocycles. The maximum absolute atomic E-state index is 13.2. The Morgan fingerprint density at radius 2 is 1.86 bits per heavy atom. The zero-order valence-electron chi connectivity index (χ0n) is 15.7. The van der Waals surface area contributed by atoms with Gasteiger partial charge in [-0.15, -0.1) is 0 Å². The molecule has 1 atom stereocenters. The summed E-state index contributed by atoms with van der Waals surface area (Å²) in [5.41, 5.74) is 1.15. The monoisotopic (exact) mass is 394 g/mol. The third kappa shape index (κ3) is 4.16. The largest absolute Gasteiger partial charge is 0.493 e. The molecule has 1 amide bonds. The summed E-state index contributed by atoms with van der Waals surface area (Å²) >= 11 is 0. The Kier molecular flexibility index (Phi) is 5.40. The highest BCUT2D eigenvalue weighted by atomic mass is 19.4. The molecule has 0 aromatic heterocycles. The molecule has 3 rings (SSSR count). The lowest BCUT2D eigenvalue weighted by Gasteiger charge is -2.38. The predicted octanol–water partition coefficient (Wildman–Crippen LogP) is 4.61. The Hall–Kier alpha value is -2.90. The van der Waals surface area contributed by atoms with Crippen molar-refractivity contribution in [1.29, 1.82) is 0 Å². The number of carbonyl (C=O) groups is 1. The minimum absolute atomic E-state index is 0.0947. The zero-order chi connectivity index (χ0) is 20.5. The maximum Gasteiger partial charge on any atom is 0.406 e. The van der Waals surface area contributed by atoms with E-state index in [1.807, 2.05) is 13.8 Å². The van der Waals surface area contributed by atoms with Crippen molar-refractivity contribution in [2.75, 3.05) is 19.0 Å². The number of hydrogen-bond donors (Lipinski definition) is 1. The van der Waals surface area contributed by atoms with Crippen molar-refractivity contribution in [3.05, 3.63) is 53.6 Å². The molecular formula is C20H21F3N2O3. The number of nitrogens with one attached hydrogen (secondary N) is 1. The SMILES string of the molecule is COc1cc([C@H]2Nc3ccccc3C(=O)N2CC(F)(F)F)ccc1OC(C)C. The third-order valence-corrected chi connectivity index (χ3v) is 4.24. The Morgan fingerprint density at radius 3 is 2.50 bits per heavy atom. The number of nitrogens with zero attached hydrogens (tertiary/aromatic N) is 1. The number of fused-ring (bicyclic) bond motifs is 1. The summed E-state index contributed by atoms with van der Waals surface area (Å²) in [5.74, 6) is 0.176. The van der Waals surface area contributed by atoms with Gasteiger partial charge in [0.05, 0.1) is 18.8 Å². The highest BCUT2D eigenvalue weighted by Gasteiger charge is 2.40. The second kappa shape index (κ2) is 7.61. The molecule has 2 aromatic carbocycles. The van der Waals surface area contributed by atoms with E-state index >= 15 is 0 Å². The molecule has 0 bridgehead atoms. The highest BCUT2D eigenvalue weighted by Crippen LogP contribution is 2.38. The van der Waals surface area contributed by atoms with E-state index in [-0.39, 0.29) is 11.7 Å². The molecule has 0 fully saturated rings. The quantitative estimate of drug-likeness (QED) is 0.805. The summed E-state index contributed by atoms with van der Waals surface area (Å²) < 4.78 is 50.5. The minimum atomic E-state index is -4.54. The van der Waals surface area contributed by atoms with Crippen LogP contribution in [0.2, 0.25) is 0 Å².